The van der Waals surface area contributed by atoms with Crippen LogP contribution in [0, 0.1) is 0 Å². The highest BCUT2D eigenvalue weighted by Gasteiger charge is 2.62. The fourth-order valence-electron chi connectivity index (χ4n) is 1.76. The lowest BCUT2D eigenvalue weighted by atomic mass is 10.3. The first-order chi connectivity index (χ1) is 7.95. The molecule has 0 unspecified atom stereocenters. The van der Waals surface area contributed by atoms with Gasteiger partial charge in [-0.25, -0.2) is 8.42 Å². The Kier molecular flexibility index (Phi) is 2.61. The third kappa shape index (κ3) is 1.59. The Labute approximate surface area is 98.9 Å². The van der Waals surface area contributed by atoms with Gasteiger partial charge < -0.3 is 9.84 Å². The van der Waals surface area contributed by atoms with Crippen LogP contribution in [0.4, 0.5) is 0 Å². The first kappa shape index (κ1) is 11.9. The van der Waals surface area contributed by atoms with Crippen molar-refractivity contribution in [2.45, 2.75) is 22.5 Å². The maximum atomic E-state index is 12.3. The van der Waals surface area contributed by atoms with E-state index >= 15 is 0 Å². The minimum Gasteiger partial charge on any atom is -0.495 e. The maximum absolute atomic E-state index is 12.3. The van der Waals surface area contributed by atoms with Crippen molar-refractivity contribution >= 4 is 15.8 Å². The summed E-state index contributed by atoms with van der Waals surface area (Å²) in [6, 6.07) is 6.06. The van der Waals surface area contributed by atoms with Gasteiger partial charge in [0.2, 0.25) is 0 Å². The van der Waals surface area contributed by atoms with Crippen LogP contribution in [0.1, 0.15) is 12.8 Å². The second-order valence-corrected chi connectivity index (χ2v) is 6.18. The van der Waals surface area contributed by atoms with Crippen LogP contribution >= 0.6 is 0 Å². The maximum Gasteiger partial charge on any atom is 0.325 e. The van der Waals surface area contributed by atoms with Gasteiger partial charge in [0, 0.05) is 0 Å². The van der Waals surface area contributed by atoms with E-state index in [-0.39, 0.29) is 23.5 Å². The Bertz CT molecular complexity index is 557. The Morgan fingerprint density at radius 2 is 1.94 bits per heavy atom. The molecule has 0 saturated heterocycles. The second kappa shape index (κ2) is 3.73. The van der Waals surface area contributed by atoms with Crippen molar-refractivity contribution in [3.63, 3.8) is 0 Å². The van der Waals surface area contributed by atoms with E-state index in [1.165, 1.54) is 19.2 Å². The summed E-state index contributed by atoms with van der Waals surface area (Å²) >= 11 is 0. The molecule has 1 aliphatic rings. The number of para-hydroxylation sites is 1. The van der Waals surface area contributed by atoms with E-state index in [9.17, 15) is 13.2 Å². The van der Waals surface area contributed by atoms with Crippen LogP contribution in [0.25, 0.3) is 0 Å². The molecule has 0 amide bonds. The lowest BCUT2D eigenvalue weighted by Gasteiger charge is -2.14. The number of methoxy groups -OCH3 is 1. The molecule has 2 rings (SSSR count). The molecule has 5 nitrogen and oxygen atoms in total. The number of hydrogen-bond donors (Lipinski definition) is 1. The smallest absolute Gasteiger partial charge is 0.325 e. The van der Waals surface area contributed by atoms with Gasteiger partial charge >= 0.3 is 5.97 Å². The molecule has 17 heavy (non-hydrogen) atoms. The quantitative estimate of drug-likeness (QED) is 0.872. The lowest BCUT2D eigenvalue weighted by molar-refractivity contribution is -0.137. The number of ether oxygens (including phenoxy) is 1. The molecular weight excluding hydrogens is 244 g/mol. The van der Waals surface area contributed by atoms with E-state index in [1.54, 1.807) is 12.1 Å². The Morgan fingerprint density at radius 1 is 1.35 bits per heavy atom. The zero-order valence-corrected chi connectivity index (χ0v) is 10.0. The van der Waals surface area contributed by atoms with Crippen LogP contribution < -0.4 is 4.74 Å². The predicted octanol–water partition coefficient (Wildman–Crippen LogP) is 1.09. The molecule has 92 valence electrons. The van der Waals surface area contributed by atoms with Crippen LogP contribution in [0.3, 0.4) is 0 Å². The second-order valence-electron chi connectivity index (χ2n) is 3.95. The van der Waals surface area contributed by atoms with Crippen molar-refractivity contribution in [1.29, 1.82) is 0 Å². The van der Waals surface area contributed by atoms with Crippen molar-refractivity contribution in [1.82, 2.24) is 0 Å². The normalized spacial score (nSPS) is 17.5. The van der Waals surface area contributed by atoms with E-state index in [0.717, 1.165) is 0 Å². The molecule has 0 aromatic heterocycles. The minimum absolute atomic E-state index is 0.0533. The van der Waals surface area contributed by atoms with Crippen molar-refractivity contribution in [3.8, 4) is 5.75 Å². The number of sulfone groups is 1. The first-order valence-electron chi connectivity index (χ1n) is 5.07. The van der Waals surface area contributed by atoms with Gasteiger partial charge in [0.15, 0.2) is 14.6 Å². The Balaban J connectivity index is 2.57. The van der Waals surface area contributed by atoms with Gasteiger partial charge in [-0.1, -0.05) is 12.1 Å². The molecule has 0 bridgehead atoms. The lowest BCUT2D eigenvalue weighted by Crippen LogP contribution is -2.32. The van der Waals surface area contributed by atoms with Crippen molar-refractivity contribution in [2.24, 2.45) is 0 Å². The predicted molar refractivity (Wildman–Crippen MR) is 59.8 cm³/mol. The summed E-state index contributed by atoms with van der Waals surface area (Å²) in [7, 11) is -2.54. The molecule has 0 aliphatic heterocycles. The molecule has 1 fully saturated rings. The van der Waals surface area contributed by atoms with Gasteiger partial charge in [-0.05, 0) is 25.0 Å². The molecule has 1 aromatic carbocycles. The average Bonchev–Trinajstić information content (AvgIpc) is 3.10. The number of benzene rings is 1. The first-order valence-corrected chi connectivity index (χ1v) is 6.55. The Hall–Kier alpha value is -1.56. The fraction of sp³-hybridized carbons (Fsp3) is 0.364. The molecule has 1 aromatic rings. The zero-order chi connectivity index (χ0) is 12.7. The number of rotatable bonds is 4. The van der Waals surface area contributed by atoms with Gasteiger partial charge in [-0.15, -0.1) is 0 Å². The summed E-state index contributed by atoms with van der Waals surface area (Å²) in [6.07, 6.45) is 0.311. The summed E-state index contributed by atoms with van der Waals surface area (Å²) in [6.45, 7) is 0. The van der Waals surface area contributed by atoms with Gasteiger partial charge in [-0.3, -0.25) is 4.79 Å². The number of hydrogen-bond acceptors (Lipinski definition) is 4. The summed E-state index contributed by atoms with van der Waals surface area (Å²) < 4.78 is 27.9. The molecule has 6 heteroatoms. The summed E-state index contributed by atoms with van der Waals surface area (Å²) in [4.78, 5) is 11.0. The molecular formula is C11H12O5S. The van der Waals surface area contributed by atoms with E-state index in [4.69, 9.17) is 9.84 Å². The van der Waals surface area contributed by atoms with Crippen LogP contribution in [0.2, 0.25) is 0 Å². The van der Waals surface area contributed by atoms with Crippen molar-refractivity contribution in [3.05, 3.63) is 24.3 Å². The molecule has 1 N–H and O–H groups in total. The van der Waals surface area contributed by atoms with Crippen molar-refractivity contribution in [2.75, 3.05) is 7.11 Å². The monoisotopic (exact) mass is 256 g/mol. The summed E-state index contributed by atoms with van der Waals surface area (Å²) in [5, 5.41) is 9.04. The fourth-order valence-corrected chi connectivity index (χ4v) is 3.73. The highest BCUT2D eigenvalue weighted by Crippen LogP contribution is 2.48. The van der Waals surface area contributed by atoms with E-state index in [2.05, 4.69) is 0 Å². The van der Waals surface area contributed by atoms with Gasteiger partial charge in [0.1, 0.15) is 10.6 Å². The largest absolute Gasteiger partial charge is 0.495 e. The molecule has 0 atom stereocenters. The molecule has 1 saturated carbocycles. The summed E-state index contributed by atoms with van der Waals surface area (Å²) in [5.74, 6) is -1.11. The van der Waals surface area contributed by atoms with Crippen molar-refractivity contribution < 1.29 is 23.1 Å². The van der Waals surface area contributed by atoms with Crippen LogP contribution in [-0.2, 0) is 14.6 Å². The zero-order valence-electron chi connectivity index (χ0n) is 9.21. The van der Waals surface area contributed by atoms with Gasteiger partial charge in [0.05, 0.1) is 7.11 Å². The average molecular weight is 256 g/mol. The third-order valence-electron chi connectivity index (χ3n) is 2.97. The number of carboxylic acids is 1. The summed E-state index contributed by atoms with van der Waals surface area (Å²) in [5.41, 5.74) is 0. The van der Waals surface area contributed by atoms with E-state index in [1.807, 2.05) is 0 Å². The third-order valence-corrected chi connectivity index (χ3v) is 5.49. The van der Waals surface area contributed by atoms with Gasteiger partial charge in [0.25, 0.3) is 0 Å². The molecule has 0 radical (unpaired) electrons. The van der Waals surface area contributed by atoms with Crippen LogP contribution in [0.5, 0.6) is 5.75 Å². The minimum atomic E-state index is -3.89. The SMILES string of the molecule is COc1ccccc1S(=O)(=O)C1(C(=O)O)CC1. The number of aliphatic carboxylic acids is 1. The Morgan fingerprint density at radius 3 is 2.41 bits per heavy atom. The molecule has 0 spiro atoms. The molecule has 0 heterocycles. The topological polar surface area (TPSA) is 80.7 Å². The molecule has 1 aliphatic carbocycles. The highest BCUT2D eigenvalue weighted by atomic mass is 32.2. The van der Waals surface area contributed by atoms with Gasteiger partial charge in [-0.2, -0.15) is 0 Å². The number of carboxylic acid groups (broad SMARTS) is 1. The van der Waals surface area contributed by atoms with E-state index < -0.39 is 20.6 Å². The highest BCUT2D eigenvalue weighted by molar-refractivity contribution is 7.94. The van der Waals surface area contributed by atoms with Crippen LogP contribution in [-0.4, -0.2) is 31.4 Å². The van der Waals surface area contributed by atoms with Crippen LogP contribution in [0.15, 0.2) is 29.2 Å². The standard InChI is InChI=1S/C11H12O5S/c1-16-8-4-2-3-5-9(8)17(14,15)11(6-7-11)10(12)13/h2-5H,6-7H2,1H3,(H,12,13). The van der Waals surface area contributed by atoms with E-state index in [0.29, 0.717) is 0 Å². The number of carbonyl (C=O) groups is 1.